The first-order valence-corrected chi connectivity index (χ1v) is 8.32. The first-order chi connectivity index (χ1) is 11.9. The zero-order chi connectivity index (χ0) is 17.9. The third kappa shape index (κ3) is 4.35. The predicted octanol–water partition coefficient (Wildman–Crippen LogP) is 5.17. The fraction of sp³-hybridized carbons (Fsp3) is 0.238. The highest BCUT2D eigenvalue weighted by Gasteiger charge is 2.17. The van der Waals surface area contributed by atoms with Crippen LogP contribution in [0.4, 0.5) is 10.5 Å². The van der Waals surface area contributed by atoms with Crippen LogP contribution in [0.5, 0.6) is 0 Å². The summed E-state index contributed by atoms with van der Waals surface area (Å²) >= 11 is 0. The molecule has 1 N–H and O–H groups in total. The summed E-state index contributed by atoms with van der Waals surface area (Å²) in [7, 11) is 0. The van der Waals surface area contributed by atoms with Gasteiger partial charge in [0.2, 0.25) is 0 Å². The standard InChI is InChI=1S/C21H22N2O2/c1-21(2,3)25-20(24)23-19-9-8-16(14-15-10-12-22-13-11-15)17-6-4-5-7-18(17)19/h4-13H,14H2,1-3H3,(H,23,24). The lowest BCUT2D eigenvalue weighted by molar-refractivity contribution is 0.0636. The smallest absolute Gasteiger partial charge is 0.412 e. The largest absolute Gasteiger partial charge is 0.444 e. The van der Waals surface area contributed by atoms with E-state index < -0.39 is 11.7 Å². The highest BCUT2D eigenvalue weighted by Crippen LogP contribution is 2.28. The topological polar surface area (TPSA) is 51.2 Å². The van der Waals surface area contributed by atoms with E-state index in [1.54, 1.807) is 12.4 Å². The zero-order valence-electron chi connectivity index (χ0n) is 14.7. The summed E-state index contributed by atoms with van der Waals surface area (Å²) in [6.07, 6.45) is 3.97. The molecule has 0 aliphatic heterocycles. The van der Waals surface area contributed by atoms with Gasteiger partial charge in [-0.15, -0.1) is 0 Å². The molecule has 1 amide bonds. The summed E-state index contributed by atoms with van der Waals surface area (Å²) in [6.45, 7) is 5.55. The number of carbonyl (C=O) groups excluding carboxylic acids is 1. The van der Waals surface area contributed by atoms with Gasteiger partial charge in [0, 0.05) is 17.8 Å². The average Bonchev–Trinajstić information content (AvgIpc) is 2.56. The Morgan fingerprint density at radius 1 is 1.00 bits per heavy atom. The van der Waals surface area contributed by atoms with Crippen molar-refractivity contribution in [3.8, 4) is 0 Å². The van der Waals surface area contributed by atoms with Gasteiger partial charge in [-0.25, -0.2) is 4.79 Å². The summed E-state index contributed by atoms with van der Waals surface area (Å²) in [4.78, 5) is 16.2. The molecule has 0 unspecified atom stereocenters. The lowest BCUT2D eigenvalue weighted by Gasteiger charge is -2.20. The van der Waals surface area contributed by atoms with E-state index in [-0.39, 0.29) is 0 Å². The number of nitrogens with one attached hydrogen (secondary N) is 1. The number of rotatable bonds is 3. The Bertz CT molecular complexity index is 883. The fourth-order valence-electron chi connectivity index (χ4n) is 2.76. The first kappa shape index (κ1) is 17.0. The maximum Gasteiger partial charge on any atom is 0.412 e. The van der Waals surface area contributed by atoms with Crippen molar-refractivity contribution < 1.29 is 9.53 Å². The Hall–Kier alpha value is -2.88. The highest BCUT2D eigenvalue weighted by molar-refractivity contribution is 6.01. The molecule has 4 heteroatoms. The Morgan fingerprint density at radius 2 is 1.68 bits per heavy atom. The van der Waals surface area contributed by atoms with Gasteiger partial charge in [-0.2, -0.15) is 0 Å². The summed E-state index contributed by atoms with van der Waals surface area (Å²) in [6, 6.07) is 16.1. The van der Waals surface area contributed by atoms with E-state index in [1.807, 2.05) is 57.2 Å². The molecule has 0 fully saturated rings. The molecule has 2 aromatic carbocycles. The molecule has 3 rings (SSSR count). The number of nitrogens with zero attached hydrogens (tertiary/aromatic N) is 1. The molecule has 128 valence electrons. The minimum atomic E-state index is -0.527. The molecule has 0 saturated heterocycles. The summed E-state index contributed by atoms with van der Waals surface area (Å²) in [5, 5.41) is 4.98. The van der Waals surface area contributed by atoms with Crippen molar-refractivity contribution in [2.24, 2.45) is 0 Å². The number of amides is 1. The van der Waals surface area contributed by atoms with Gasteiger partial charge in [0.15, 0.2) is 0 Å². The van der Waals surface area contributed by atoms with Crippen LogP contribution in [0, 0.1) is 0 Å². The molecule has 0 aliphatic rings. The zero-order valence-corrected chi connectivity index (χ0v) is 14.7. The first-order valence-electron chi connectivity index (χ1n) is 8.32. The predicted molar refractivity (Wildman–Crippen MR) is 101 cm³/mol. The van der Waals surface area contributed by atoms with Crippen LogP contribution in [0.25, 0.3) is 10.8 Å². The third-order valence-corrected chi connectivity index (χ3v) is 3.79. The van der Waals surface area contributed by atoms with Crippen molar-refractivity contribution in [3.05, 3.63) is 72.1 Å². The van der Waals surface area contributed by atoms with Crippen molar-refractivity contribution in [2.75, 3.05) is 5.32 Å². The van der Waals surface area contributed by atoms with Gasteiger partial charge in [0.25, 0.3) is 0 Å². The summed E-state index contributed by atoms with van der Waals surface area (Å²) in [5.41, 5.74) is 2.63. The average molecular weight is 334 g/mol. The molecule has 25 heavy (non-hydrogen) atoms. The van der Waals surface area contributed by atoms with Crippen LogP contribution in [-0.4, -0.2) is 16.7 Å². The van der Waals surface area contributed by atoms with E-state index in [1.165, 1.54) is 11.1 Å². The number of fused-ring (bicyclic) bond motifs is 1. The molecule has 0 bridgehead atoms. The molecule has 0 aliphatic carbocycles. The minimum Gasteiger partial charge on any atom is -0.444 e. The molecular formula is C21H22N2O2. The van der Waals surface area contributed by atoms with Gasteiger partial charge in [-0.3, -0.25) is 10.3 Å². The number of carbonyl (C=O) groups is 1. The SMILES string of the molecule is CC(C)(C)OC(=O)Nc1ccc(Cc2ccncc2)c2ccccc12. The van der Waals surface area contributed by atoms with Gasteiger partial charge < -0.3 is 4.74 Å². The summed E-state index contributed by atoms with van der Waals surface area (Å²) in [5.74, 6) is 0. The number of hydrogen-bond acceptors (Lipinski definition) is 3. The van der Waals surface area contributed by atoms with Crippen LogP contribution < -0.4 is 5.32 Å². The van der Waals surface area contributed by atoms with Gasteiger partial charge in [-0.05, 0) is 61.9 Å². The molecule has 0 radical (unpaired) electrons. The maximum atomic E-state index is 12.1. The van der Waals surface area contributed by atoms with Gasteiger partial charge in [0.1, 0.15) is 5.60 Å². The fourth-order valence-corrected chi connectivity index (χ4v) is 2.76. The van der Waals surface area contributed by atoms with E-state index in [9.17, 15) is 4.79 Å². The van der Waals surface area contributed by atoms with Crippen LogP contribution >= 0.6 is 0 Å². The number of aromatic nitrogens is 1. The van der Waals surface area contributed by atoms with Crippen LogP contribution in [0.2, 0.25) is 0 Å². The molecular weight excluding hydrogens is 312 g/mol. The van der Waals surface area contributed by atoms with E-state index in [2.05, 4.69) is 22.4 Å². The Balaban J connectivity index is 1.92. The van der Waals surface area contributed by atoms with E-state index in [0.717, 1.165) is 22.9 Å². The molecule has 0 atom stereocenters. The number of hydrogen-bond donors (Lipinski definition) is 1. The quantitative estimate of drug-likeness (QED) is 0.718. The Labute approximate surface area is 147 Å². The molecule has 4 nitrogen and oxygen atoms in total. The minimum absolute atomic E-state index is 0.445. The molecule has 1 heterocycles. The second-order valence-electron chi connectivity index (χ2n) is 6.98. The van der Waals surface area contributed by atoms with Gasteiger partial charge in [0.05, 0.1) is 5.69 Å². The van der Waals surface area contributed by atoms with Crippen LogP contribution in [0.1, 0.15) is 31.9 Å². The normalized spacial score (nSPS) is 11.3. The van der Waals surface area contributed by atoms with Gasteiger partial charge >= 0.3 is 6.09 Å². The monoisotopic (exact) mass is 334 g/mol. The number of pyridine rings is 1. The third-order valence-electron chi connectivity index (χ3n) is 3.79. The second-order valence-corrected chi connectivity index (χ2v) is 6.98. The van der Waals surface area contributed by atoms with Crippen LogP contribution in [0.3, 0.4) is 0 Å². The van der Waals surface area contributed by atoms with Crippen molar-refractivity contribution in [1.82, 2.24) is 4.98 Å². The second kappa shape index (κ2) is 6.93. The molecule has 1 aromatic heterocycles. The lowest BCUT2D eigenvalue weighted by Crippen LogP contribution is -2.27. The van der Waals surface area contributed by atoms with E-state index in [0.29, 0.717) is 0 Å². The van der Waals surface area contributed by atoms with Crippen molar-refractivity contribution in [1.29, 1.82) is 0 Å². The van der Waals surface area contributed by atoms with Crippen molar-refractivity contribution >= 4 is 22.6 Å². The molecule has 0 saturated carbocycles. The summed E-state index contributed by atoms with van der Waals surface area (Å²) < 4.78 is 5.36. The Morgan fingerprint density at radius 3 is 2.36 bits per heavy atom. The lowest BCUT2D eigenvalue weighted by atomic mass is 9.98. The van der Waals surface area contributed by atoms with E-state index >= 15 is 0 Å². The number of benzene rings is 2. The van der Waals surface area contributed by atoms with Crippen LogP contribution in [-0.2, 0) is 11.2 Å². The Kier molecular flexibility index (Phi) is 4.70. The molecule has 3 aromatic rings. The number of anilines is 1. The maximum absolute atomic E-state index is 12.1. The van der Waals surface area contributed by atoms with E-state index in [4.69, 9.17) is 4.74 Å². The number of ether oxygens (including phenoxy) is 1. The highest BCUT2D eigenvalue weighted by atomic mass is 16.6. The van der Waals surface area contributed by atoms with Gasteiger partial charge in [-0.1, -0.05) is 30.3 Å². The molecule has 0 spiro atoms. The van der Waals surface area contributed by atoms with Crippen molar-refractivity contribution in [2.45, 2.75) is 32.8 Å². The van der Waals surface area contributed by atoms with Crippen LogP contribution in [0.15, 0.2) is 60.9 Å². The van der Waals surface area contributed by atoms with Crippen molar-refractivity contribution in [3.63, 3.8) is 0 Å².